The number of carboxylic acid groups (broad SMARTS) is 1. The summed E-state index contributed by atoms with van der Waals surface area (Å²) >= 11 is 0. The number of hydrogen-bond donors (Lipinski definition) is 2. The lowest BCUT2D eigenvalue weighted by atomic mass is 10.1. The van der Waals surface area contributed by atoms with Crippen molar-refractivity contribution in [1.82, 2.24) is 5.32 Å². The van der Waals surface area contributed by atoms with Crippen molar-refractivity contribution in [2.24, 2.45) is 0 Å². The number of amides is 1. The number of ether oxygens (including phenoxy) is 2. The molecule has 2 aromatic rings. The lowest BCUT2D eigenvalue weighted by Crippen LogP contribution is -2.32. The first kappa shape index (κ1) is 21.1. The fraction of sp³-hybridized carbons (Fsp3) is 0.261. The number of hydrogen-bond acceptors (Lipinski definition) is 5. The molecule has 0 aromatic heterocycles. The van der Waals surface area contributed by atoms with E-state index < -0.39 is 11.9 Å². The molecular weight excluding hydrogens is 384 g/mol. The Morgan fingerprint density at radius 3 is 2.73 bits per heavy atom. The molecule has 1 amide bonds. The Kier molecular flexibility index (Phi) is 7.19. The van der Waals surface area contributed by atoms with Crippen molar-refractivity contribution in [3.05, 3.63) is 70.8 Å². The van der Waals surface area contributed by atoms with Gasteiger partial charge in [-0.15, -0.1) is 0 Å². The van der Waals surface area contributed by atoms with E-state index in [0.717, 1.165) is 18.4 Å². The number of nitriles is 1. The fourth-order valence-corrected chi connectivity index (χ4v) is 3.04. The van der Waals surface area contributed by atoms with Crippen LogP contribution in [0.2, 0.25) is 0 Å². The van der Waals surface area contributed by atoms with Crippen LogP contribution < -0.4 is 10.1 Å². The second-order valence-corrected chi connectivity index (χ2v) is 6.88. The summed E-state index contributed by atoms with van der Waals surface area (Å²) in [7, 11) is 0. The van der Waals surface area contributed by atoms with Crippen LogP contribution in [-0.4, -0.2) is 36.2 Å². The van der Waals surface area contributed by atoms with Gasteiger partial charge in [0, 0.05) is 13.2 Å². The molecule has 7 nitrogen and oxygen atoms in total. The van der Waals surface area contributed by atoms with E-state index in [1.165, 1.54) is 12.1 Å². The fourth-order valence-electron chi connectivity index (χ4n) is 3.04. The van der Waals surface area contributed by atoms with Crippen molar-refractivity contribution in [1.29, 1.82) is 5.26 Å². The third-order valence-electron chi connectivity index (χ3n) is 4.65. The highest BCUT2D eigenvalue weighted by molar-refractivity contribution is 6.01. The van der Waals surface area contributed by atoms with Gasteiger partial charge in [0.2, 0.25) is 0 Å². The molecule has 30 heavy (non-hydrogen) atoms. The van der Waals surface area contributed by atoms with Gasteiger partial charge in [-0.05, 0) is 54.3 Å². The van der Waals surface area contributed by atoms with E-state index in [4.69, 9.17) is 14.6 Å². The van der Waals surface area contributed by atoms with E-state index in [9.17, 15) is 14.9 Å². The summed E-state index contributed by atoms with van der Waals surface area (Å²) < 4.78 is 11.1. The van der Waals surface area contributed by atoms with Crippen molar-refractivity contribution in [3.8, 4) is 11.8 Å². The van der Waals surface area contributed by atoms with Crippen molar-refractivity contribution in [2.75, 3.05) is 13.2 Å². The lowest BCUT2D eigenvalue weighted by molar-refractivity contribution is -0.117. The van der Waals surface area contributed by atoms with Crippen molar-refractivity contribution < 1.29 is 24.2 Å². The average Bonchev–Trinajstić information content (AvgIpc) is 3.29. The molecular formula is C23H22N2O5. The van der Waals surface area contributed by atoms with Gasteiger partial charge < -0.3 is 19.9 Å². The minimum absolute atomic E-state index is 0.0153. The number of rotatable bonds is 8. The molecule has 0 radical (unpaired) electrons. The summed E-state index contributed by atoms with van der Waals surface area (Å²) in [4.78, 5) is 23.2. The zero-order valence-electron chi connectivity index (χ0n) is 16.3. The first-order valence-corrected chi connectivity index (χ1v) is 9.62. The van der Waals surface area contributed by atoms with Crippen LogP contribution in [0.3, 0.4) is 0 Å². The van der Waals surface area contributed by atoms with Gasteiger partial charge in [0.25, 0.3) is 5.91 Å². The van der Waals surface area contributed by atoms with Gasteiger partial charge in [-0.1, -0.05) is 24.3 Å². The normalized spacial score (nSPS) is 16.0. The Morgan fingerprint density at radius 2 is 2.07 bits per heavy atom. The van der Waals surface area contributed by atoms with Gasteiger partial charge in [-0.3, -0.25) is 4.79 Å². The standard InChI is InChI=1S/C23H22N2O5/c24-13-19(22(26)25-14-21-5-2-10-29-21)11-16-6-8-20(9-7-16)30-15-17-3-1-4-18(12-17)23(27)28/h1,3-4,6-9,11-12,21H,2,5,10,14-15H2,(H,25,26)(H,27,28)/b19-11+. The lowest BCUT2D eigenvalue weighted by Gasteiger charge is -2.10. The molecule has 1 heterocycles. The van der Waals surface area contributed by atoms with Gasteiger partial charge in [-0.25, -0.2) is 4.79 Å². The van der Waals surface area contributed by atoms with Crippen LogP contribution in [0.25, 0.3) is 6.08 Å². The molecule has 1 fully saturated rings. The van der Waals surface area contributed by atoms with Crippen LogP contribution in [0.15, 0.2) is 54.1 Å². The van der Waals surface area contributed by atoms with Crippen LogP contribution >= 0.6 is 0 Å². The molecule has 0 spiro atoms. The second kappa shape index (κ2) is 10.2. The summed E-state index contributed by atoms with van der Waals surface area (Å²) in [5.74, 6) is -0.818. The number of carboxylic acids is 1. The highest BCUT2D eigenvalue weighted by Gasteiger charge is 2.17. The molecule has 0 saturated carbocycles. The molecule has 1 aliphatic rings. The summed E-state index contributed by atoms with van der Waals surface area (Å²) in [6.07, 6.45) is 3.43. The minimum Gasteiger partial charge on any atom is -0.489 e. The van der Waals surface area contributed by atoms with E-state index in [1.54, 1.807) is 42.5 Å². The maximum absolute atomic E-state index is 12.2. The Balaban J connectivity index is 1.57. The molecule has 3 rings (SSSR count). The largest absolute Gasteiger partial charge is 0.489 e. The number of nitrogens with zero attached hydrogens (tertiary/aromatic N) is 1. The molecule has 1 unspecified atom stereocenters. The topological polar surface area (TPSA) is 109 Å². The van der Waals surface area contributed by atoms with Gasteiger partial charge in [0.1, 0.15) is 24.0 Å². The Morgan fingerprint density at radius 1 is 1.27 bits per heavy atom. The van der Waals surface area contributed by atoms with E-state index in [0.29, 0.717) is 24.5 Å². The Hall–Kier alpha value is -3.63. The molecule has 1 aliphatic heterocycles. The Labute approximate surface area is 174 Å². The molecule has 1 atom stereocenters. The van der Waals surface area contributed by atoms with Gasteiger partial charge in [0.15, 0.2) is 0 Å². The van der Waals surface area contributed by atoms with Crippen LogP contribution in [0.5, 0.6) is 5.75 Å². The number of nitrogens with one attached hydrogen (secondary N) is 1. The van der Waals surface area contributed by atoms with Crippen LogP contribution in [0.4, 0.5) is 0 Å². The molecule has 0 aliphatic carbocycles. The van der Waals surface area contributed by atoms with Crippen LogP contribution in [0.1, 0.15) is 34.3 Å². The van der Waals surface area contributed by atoms with Crippen molar-refractivity contribution in [3.63, 3.8) is 0 Å². The molecule has 7 heteroatoms. The number of carbonyl (C=O) groups excluding carboxylic acids is 1. The number of aromatic carboxylic acids is 1. The zero-order chi connectivity index (χ0) is 21.3. The van der Waals surface area contributed by atoms with E-state index in [2.05, 4.69) is 5.32 Å². The number of carbonyl (C=O) groups is 2. The summed E-state index contributed by atoms with van der Waals surface area (Å²) in [6, 6.07) is 15.4. The molecule has 154 valence electrons. The summed E-state index contributed by atoms with van der Waals surface area (Å²) in [6.45, 7) is 1.33. The molecule has 0 bridgehead atoms. The van der Waals surface area contributed by atoms with Crippen LogP contribution in [0, 0.1) is 11.3 Å². The summed E-state index contributed by atoms with van der Waals surface area (Å²) in [5, 5.41) is 21.1. The zero-order valence-corrected chi connectivity index (χ0v) is 16.3. The molecule has 2 N–H and O–H groups in total. The van der Waals surface area contributed by atoms with E-state index in [-0.39, 0.29) is 23.8 Å². The highest BCUT2D eigenvalue weighted by atomic mass is 16.5. The number of benzene rings is 2. The predicted molar refractivity (Wildman–Crippen MR) is 110 cm³/mol. The highest BCUT2D eigenvalue weighted by Crippen LogP contribution is 2.17. The maximum atomic E-state index is 12.2. The second-order valence-electron chi connectivity index (χ2n) is 6.88. The smallest absolute Gasteiger partial charge is 0.335 e. The van der Waals surface area contributed by atoms with Crippen molar-refractivity contribution >= 4 is 18.0 Å². The quantitative estimate of drug-likeness (QED) is 0.515. The van der Waals surface area contributed by atoms with E-state index >= 15 is 0 Å². The van der Waals surface area contributed by atoms with Gasteiger partial charge in [-0.2, -0.15) is 5.26 Å². The predicted octanol–water partition coefficient (Wildman–Crippen LogP) is 3.17. The monoisotopic (exact) mass is 406 g/mol. The Bertz CT molecular complexity index is 970. The minimum atomic E-state index is -0.985. The third kappa shape index (κ3) is 5.93. The van der Waals surface area contributed by atoms with Gasteiger partial charge in [0.05, 0.1) is 11.7 Å². The maximum Gasteiger partial charge on any atom is 0.335 e. The van der Waals surface area contributed by atoms with Gasteiger partial charge >= 0.3 is 5.97 Å². The molecule has 1 saturated heterocycles. The average molecular weight is 406 g/mol. The first-order chi connectivity index (χ1) is 14.5. The van der Waals surface area contributed by atoms with Crippen LogP contribution in [-0.2, 0) is 16.1 Å². The summed E-state index contributed by atoms with van der Waals surface area (Å²) in [5.41, 5.74) is 1.66. The first-order valence-electron chi connectivity index (χ1n) is 9.62. The van der Waals surface area contributed by atoms with E-state index in [1.807, 2.05) is 6.07 Å². The SMILES string of the molecule is N#C/C(=C\c1ccc(OCc2cccc(C(=O)O)c2)cc1)C(=O)NCC1CCCO1. The van der Waals surface area contributed by atoms with Crippen molar-refractivity contribution in [2.45, 2.75) is 25.6 Å². The third-order valence-corrected chi connectivity index (χ3v) is 4.65. The molecule has 2 aromatic carbocycles.